The lowest BCUT2D eigenvalue weighted by atomic mass is 9.77. The molecular formula is C38H38N4O2. The molecule has 222 valence electrons. The first kappa shape index (κ1) is 27.2. The van der Waals surface area contributed by atoms with E-state index in [1.54, 1.807) is 4.40 Å². The topological polar surface area (TPSA) is 68.7 Å². The van der Waals surface area contributed by atoms with Crippen LogP contribution in [0, 0.1) is 5.41 Å². The van der Waals surface area contributed by atoms with Gasteiger partial charge in [0.2, 0.25) is 0 Å². The van der Waals surface area contributed by atoms with Crippen LogP contribution in [-0.2, 0) is 5.41 Å². The third-order valence-electron chi connectivity index (χ3n) is 10.5. The van der Waals surface area contributed by atoms with Gasteiger partial charge in [-0.15, -0.1) is 0 Å². The van der Waals surface area contributed by atoms with Crippen LogP contribution in [0.3, 0.4) is 0 Å². The molecule has 2 atom stereocenters. The molecule has 2 aliphatic rings. The predicted molar refractivity (Wildman–Crippen MR) is 180 cm³/mol. The summed E-state index contributed by atoms with van der Waals surface area (Å²) in [4.78, 5) is 38.6. The lowest BCUT2D eigenvalue weighted by molar-refractivity contribution is 0.404. The lowest BCUT2D eigenvalue weighted by Gasteiger charge is -2.30. The molecule has 0 amide bonds. The summed E-state index contributed by atoms with van der Waals surface area (Å²) < 4.78 is 3.61. The summed E-state index contributed by atoms with van der Waals surface area (Å²) in [7, 11) is 0. The molecule has 8 rings (SSSR count). The summed E-state index contributed by atoms with van der Waals surface area (Å²) in [5.74, 6) is 0. The SMILES string of the molecule is CCCC(C)(C)C1=CC2N=c3c4ccc5c(=O)n6c7ccc(C(C)(C)CCC)cc7nc6c6ccc(c(=O)n3C2C=C1)c4c56. The van der Waals surface area contributed by atoms with E-state index in [1.807, 2.05) is 34.9 Å². The molecule has 4 heterocycles. The molecule has 0 fully saturated rings. The number of imidazole rings is 1. The van der Waals surface area contributed by atoms with Gasteiger partial charge in [-0.3, -0.25) is 23.5 Å². The van der Waals surface area contributed by atoms with E-state index in [-0.39, 0.29) is 34.0 Å². The van der Waals surface area contributed by atoms with Crippen molar-refractivity contribution in [3.63, 3.8) is 0 Å². The zero-order valence-corrected chi connectivity index (χ0v) is 26.4. The Labute approximate surface area is 255 Å². The van der Waals surface area contributed by atoms with Crippen molar-refractivity contribution in [2.75, 3.05) is 0 Å². The van der Waals surface area contributed by atoms with Gasteiger partial charge in [-0.1, -0.05) is 78.7 Å². The van der Waals surface area contributed by atoms with Crippen molar-refractivity contribution in [2.24, 2.45) is 10.4 Å². The molecule has 3 aromatic heterocycles. The van der Waals surface area contributed by atoms with Crippen LogP contribution in [0.4, 0.5) is 0 Å². The Balaban J connectivity index is 1.41. The number of benzene rings is 3. The molecule has 0 N–H and O–H groups in total. The monoisotopic (exact) mass is 582 g/mol. The lowest BCUT2D eigenvalue weighted by Crippen LogP contribution is -2.35. The van der Waals surface area contributed by atoms with Crippen molar-refractivity contribution >= 4 is 49.0 Å². The van der Waals surface area contributed by atoms with Gasteiger partial charge in [-0.2, -0.15) is 0 Å². The summed E-state index contributed by atoms with van der Waals surface area (Å²) in [6.07, 6.45) is 11.0. The molecule has 0 saturated heterocycles. The molecule has 44 heavy (non-hydrogen) atoms. The molecule has 1 aliphatic heterocycles. The molecule has 2 unspecified atom stereocenters. The van der Waals surface area contributed by atoms with Crippen molar-refractivity contribution in [1.82, 2.24) is 14.0 Å². The number of rotatable bonds is 6. The normalized spacial score (nSPS) is 18.5. The number of aromatic nitrogens is 3. The van der Waals surface area contributed by atoms with Gasteiger partial charge in [0.15, 0.2) is 0 Å². The van der Waals surface area contributed by atoms with Gasteiger partial charge < -0.3 is 0 Å². The van der Waals surface area contributed by atoms with E-state index >= 15 is 0 Å². The average molecular weight is 583 g/mol. The van der Waals surface area contributed by atoms with Crippen molar-refractivity contribution in [3.05, 3.63) is 98.0 Å². The minimum atomic E-state index is -0.147. The molecule has 0 bridgehead atoms. The first-order valence-corrected chi connectivity index (χ1v) is 16.1. The van der Waals surface area contributed by atoms with Crippen LogP contribution in [-0.4, -0.2) is 20.0 Å². The summed E-state index contributed by atoms with van der Waals surface area (Å²) >= 11 is 0. The largest absolute Gasteiger partial charge is 0.283 e. The van der Waals surface area contributed by atoms with Gasteiger partial charge in [0, 0.05) is 32.3 Å². The highest BCUT2D eigenvalue weighted by Gasteiger charge is 2.34. The zero-order chi connectivity index (χ0) is 30.7. The molecular weight excluding hydrogens is 544 g/mol. The Morgan fingerprint density at radius 3 is 2.20 bits per heavy atom. The second kappa shape index (κ2) is 9.10. The third kappa shape index (κ3) is 3.54. The maximum atomic E-state index is 14.2. The van der Waals surface area contributed by atoms with Crippen LogP contribution in [0.5, 0.6) is 0 Å². The van der Waals surface area contributed by atoms with E-state index in [4.69, 9.17) is 9.98 Å². The molecule has 0 spiro atoms. The fourth-order valence-electron chi connectivity index (χ4n) is 8.13. The second-order valence-corrected chi connectivity index (χ2v) is 14.2. The first-order chi connectivity index (χ1) is 21.1. The second-order valence-electron chi connectivity index (χ2n) is 14.2. The van der Waals surface area contributed by atoms with Gasteiger partial charge in [0.1, 0.15) is 11.1 Å². The van der Waals surface area contributed by atoms with E-state index in [0.717, 1.165) is 58.3 Å². The summed E-state index contributed by atoms with van der Waals surface area (Å²) in [6, 6.07) is 13.9. The molecule has 3 aromatic carbocycles. The van der Waals surface area contributed by atoms with Crippen molar-refractivity contribution in [2.45, 2.75) is 84.7 Å². The molecule has 6 nitrogen and oxygen atoms in total. The maximum Gasteiger partial charge on any atom is 0.264 e. The Bertz CT molecular complexity index is 2420. The van der Waals surface area contributed by atoms with Gasteiger partial charge in [0.25, 0.3) is 11.1 Å². The van der Waals surface area contributed by atoms with E-state index in [0.29, 0.717) is 21.9 Å². The van der Waals surface area contributed by atoms with Gasteiger partial charge in [-0.05, 0) is 71.2 Å². The standard InChI is InChI=1S/C38H38N4O2/c1-7-17-37(3,4)21-9-15-29-27(19-21)39-33-23-11-13-26-32-24(12-14-25(31(23)32)35(43)41(29)33)34-40-28-20-22(38(5,6)18-8-2)10-16-30(28)42(34)36(26)44/h9-16,19-20,27,29H,7-8,17-18H2,1-6H3. The average Bonchev–Trinajstić information content (AvgIpc) is 3.57. The quantitative estimate of drug-likeness (QED) is 0.190. The molecule has 1 aliphatic carbocycles. The van der Waals surface area contributed by atoms with Crippen LogP contribution in [0.2, 0.25) is 0 Å². The first-order valence-electron chi connectivity index (χ1n) is 16.1. The zero-order valence-electron chi connectivity index (χ0n) is 26.4. The van der Waals surface area contributed by atoms with Crippen LogP contribution in [0.25, 0.3) is 49.0 Å². The number of hydrogen-bond donors (Lipinski definition) is 0. The van der Waals surface area contributed by atoms with Gasteiger partial charge in [-0.25, -0.2) is 4.98 Å². The minimum absolute atomic E-state index is 0.0170. The highest BCUT2D eigenvalue weighted by Crippen LogP contribution is 2.40. The van der Waals surface area contributed by atoms with Crippen molar-refractivity contribution < 1.29 is 0 Å². The van der Waals surface area contributed by atoms with Crippen LogP contribution >= 0.6 is 0 Å². The summed E-state index contributed by atoms with van der Waals surface area (Å²) in [5.41, 5.74) is 5.36. The summed E-state index contributed by atoms with van der Waals surface area (Å²) in [5, 5.41) is 4.63. The highest BCUT2D eigenvalue weighted by molar-refractivity contribution is 6.25. The van der Waals surface area contributed by atoms with E-state index in [2.05, 4.69) is 71.9 Å². The number of nitrogens with zero attached hydrogens (tertiary/aromatic N) is 4. The van der Waals surface area contributed by atoms with E-state index in [1.165, 1.54) is 11.1 Å². The summed E-state index contributed by atoms with van der Waals surface area (Å²) in [6.45, 7) is 13.5. The Hall–Kier alpha value is -4.32. The third-order valence-corrected chi connectivity index (χ3v) is 10.5. The van der Waals surface area contributed by atoms with Crippen LogP contribution in [0.1, 0.15) is 78.8 Å². The van der Waals surface area contributed by atoms with Gasteiger partial charge in [0.05, 0.1) is 23.1 Å². The Morgan fingerprint density at radius 2 is 1.45 bits per heavy atom. The molecule has 0 saturated carbocycles. The fourth-order valence-corrected chi connectivity index (χ4v) is 8.13. The molecule has 0 radical (unpaired) electrons. The smallest absolute Gasteiger partial charge is 0.264 e. The molecule has 6 aromatic rings. The van der Waals surface area contributed by atoms with Gasteiger partial charge >= 0.3 is 0 Å². The number of allylic oxidation sites excluding steroid dienone is 2. The minimum Gasteiger partial charge on any atom is -0.283 e. The maximum absolute atomic E-state index is 14.2. The predicted octanol–water partition coefficient (Wildman–Crippen LogP) is 7.57. The van der Waals surface area contributed by atoms with Crippen molar-refractivity contribution in [3.8, 4) is 0 Å². The number of hydrogen-bond acceptors (Lipinski definition) is 4. The van der Waals surface area contributed by atoms with E-state index < -0.39 is 0 Å². The van der Waals surface area contributed by atoms with E-state index in [9.17, 15) is 9.59 Å². The Morgan fingerprint density at radius 1 is 0.795 bits per heavy atom. The number of fused-ring (bicyclic) bond motifs is 8. The molecule has 6 heteroatoms. The highest BCUT2D eigenvalue weighted by atomic mass is 16.1. The van der Waals surface area contributed by atoms with Crippen LogP contribution < -0.4 is 16.6 Å². The number of pyridine rings is 2. The van der Waals surface area contributed by atoms with Crippen molar-refractivity contribution in [1.29, 1.82) is 0 Å². The van der Waals surface area contributed by atoms with Crippen LogP contribution in [0.15, 0.2) is 80.8 Å². The Kier molecular flexibility index (Phi) is 5.64. The fraction of sp³-hybridized carbons (Fsp3) is 0.368.